The zero-order valence-corrected chi connectivity index (χ0v) is 16.1. The molecule has 134 valence electrons. The molecule has 0 aliphatic rings. The molecule has 0 unspecified atom stereocenters. The van der Waals surface area contributed by atoms with E-state index in [-0.39, 0.29) is 15.5 Å². The summed E-state index contributed by atoms with van der Waals surface area (Å²) in [6.07, 6.45) is 1.57. The second-order valence-corrected chi connectivity index (χ2v) is 9.05. The molecule has 3 rings (SSSR count). The van der Waals surface area contributed by atoms with Gasteiger partial charge >= 0.3 is 0 Å². The van der Waals surface area contributed by atoms with Crippen LogP contribution in [0.15, 0.2) is 62.5 Å². The van der Waals surface area contributed by atoms with Gasteiger partial charge in [-0.25, -0.2) is 13.8 Å². The number of carbonyl (C=O) groups excluding carboxylic acids is 1. The molecule has 2 aromatic heterocycles. The highest BCUT2D eigenvalue weighted by atomic mass is 32.2. The van der Waals surface area contributed by atoms with Gasteiger partial charge in [-0.05, 0) is 47.5 Å². The first-order valence-electron chi connectivity index (χ1n) is 7.50. The minimum atomic E-state index is -3.74. The van der Waals surface area contributed by atoms with Crippen molar-refractivity contribution in [3.8, 4) is 0 Å². The van der Waals surface area contributed by atoms with E-state index in [4.69, 9.17) is 0 Å². The normalized spacial score (nSPS) is 11.6. The van der Waals surface area contributed by atoms with E-state index >= 15 is 0 Å². The molecule has 26 heavy (non-hydrogen) atoms. The topological polar surface area (TPSA) is 87.6 Å². The Balaban J connectivity index is 1.77. The number of benzene rings is 1. The zero-order valence-electron chi connectivity index (χ0n) is 13.7. The lowest BCUT2D eigenvalue weighted by molar-refractivity contribution is 0.0956. The Morgan fingerprint density at radius 2 is 1.88 bits per heavy atom. The minimum absolute atomic E-state index is 0.180. The van der Waals surface area contributed by atoms with Crippen LogP contribution in [-0.2, 0) is 10.0 Å². The van der Waals surface area contributed by atoms with E-state index in [1.807, 2.05) is 18.4 Å². The molecule has 0 radical (unpaired) electrons. The van der Waals surface area contributed by atoms with Crippen molar-refractivity contribution in [3.63, 3.8) is 0 Å². The molecule has 3 aromatic rings. The lowest BCUT2D eigenvalue weighted by atomic mass is 10.2. The van der Waals surface area contributed by atoms with E-state index in [1.54, 1.807) is 29.8 Å². The van der Waals surface area contributed by atoms with E-state index in [2.05, 4.69) is 15.2 Å². The van der Waals surface area contributed by atoms with Gasteiger partial charge in [0.1, 0.15) is 4.21 Å². The van der Waals surface area contributed by atoms with Gasteiger partial charge in [-0.15, -0.1) is 22.7 Å². The van der Waals surface area contributed by atoms with Crippen LogP contribution < -0.4 is 10.1 Å². The predicted octanol–water partition coefficient (Wildman–Crippen LogP) is 3.68. The van der Waals surface area contributed by atoms with Crippen LogP contribution in [0.5, 0.6) is 0 Å². The maximum Gasteiger partial charge on any atom is 0.273 e. The molecule has 9 heteroatoms. The van der Waals surface area contributed by atoms with Gasteiger partial charge in [-0.3, -0.25) is 9.52 Å². The van der Waals surface area contributed by atoms with Crippen LogP contribution in [0.4, 0.5) is 5.69 Å². The summed E-state index contributed by atoms with van der Waals surface area (Å²) in [5.41, 5.74) is 3.88. The van der Waals surface area contributed by atoms with Gasteiger partial charge in [0.2, 0.25) is 0 Å². The fraction of sp³-hybridized carbons (Fsp3) is 0.0588. The number of hydrazone groups is 1. The monoisotopic (exact) mass is 405 g/mol. The lowest BCUT2D eigenvalue weighted by Gasteiger charge is -2.10. The van der Waals surface area contributed by atoms with Crippen LogP contribution in [0.25, 0.3) is 0 Å². The Morgan fingerprint density at radius 3 is 2.58 bits per heavy atom. The van der Waals surface area contributed by atoms with Gasteiger partial charge in [0.05, 0.1) is 17.5 Å². The fourth-order valence-corrected chi connectivity index (χ4v) is 4.97. The van der Waals surface area contributed by atoms with Crippen molar-refractivity contribution in [2.75, 3.05) is 4.72 Å². The Hall–Kier alpha value is -2.49. The maximum atomic E-state index is 12.4. The molecule has 0 spiro atoms. The molecule has 0 aliphatic carbocycles. The van der Waals surface area contributed by atoms with Crippen LogP contribution in [0.1, 0.15) is 20.8 Å². The number of carbonyl (C=O) groups is 1. The molecule has 2 heterocycles. The van der Waals surface area contributed by atoms with Crippen molar-refractivity contribution in [2.45, 2.75) is 11.1 Å². The molecule has 1 aromatic carbocycles. The molecule has 0 bridgehead atoms. The number of sulfonamides is 1. The summed E-state index contributed by atoms with van der Waals surface area (Å²) in [5.74, 6) is -0.500. The van der Waals surface area contributed by atoms with Crippen LogP contribution in [0, 0.1) is 6.92 Å². The molecule has 0 aliphatic heterocycles. The Bertz CT molecular complexity index is 1040. The van der Waals surface area contributed by atoms with Gasteiger partial charge in [-0.2, -0.15) is 5.10 Å². The Morgan fingerprint density at radius 1 is 1.08 bits per heavy atom. The molecule has 0 saturated carbocycles. The van der Waals surface area contributed by atoms with Gasteiger partial charge < -0.3 is 0 Å². The maximum absolute atomic E-state index is 12.4. The number of thiophene rings is 2. The van der Waals surface area contributed by atoms with Gasteiger partial charge in [0.15, 0.2) is 0 Å². The smallest absolute Gasteiger partial charge is 0.273 e. The molecular weight excluding hydrogens is 390 g/mol. The number of aryl methyl sites for hydroxylation is 1. The number of rotatable bonds is 6. The number of nitrogens with zero attached hydrogens (tertiary/aromatic N) is 1. The van der Waals surface area contributed by atoms with Crippen molar-refractivity contribution in [3.05, 3.63) is 69.2 Å². The molecule has 2 N–H and O–H groups in total. The lowest BCUT2D eigenvalue weighted by Crippen LogP contribution is -2.21. The van der Waals surface area contributed by atoms with Gasteiger partial charge in [-0.1, -0.05) is 18.2 Å². The van der Waals surface area contributed by atoms with Crippen molar-refractivity contribution in [1.82, 2.24) is 5.43 Å². The largest absolute Gasteiger partial charge is 0.278 e. The second-order valence-electron chi connectivity index (χ2n) is 5.25. The summed E-state index contributed by atoms with van der Waals surface area (Å²) in [6.45, 7) is 1.95. The molecule has 1 amide bonds. The third-order valence-electron chi connectivity index (χ3n) is 3.43. The van der Waals surface area contributed by atoms with Crippen molar-refractivity contribution in [2.24, 2.45) is 5.10 Å². The summed E-state index contributed by atoms with van der Waals surface area (Å²) in [4.78, 5) is 13.3. The zero-order chi connectivity index (χ0) is 18.6. The average molecular weight is 406 g/mol. The number of nitrogens with one attached hydrogen (secondary N) is 2. The highest BCUT2D eigenvalue weighted by molar-refractivity contribution is 7.94. The number of hydrogen-bond donors (Lipinski definition) is 2. The average Bonchev–Trinajstić information content (AvgIpc) is 3.28. The van der Waals surface area contributed by atoms with E-state index in [9.17, 15) is 13.2 Å². The molecule has 0 atom stereocenters. The Kier molecular flexibility index (Phi) is 5.50. The van der Waals surface area contributed by atoms with E-state index in [0.29, 0.717) is 0 Å². The third-order valence-corrected chi connectivity index (χ3v) is 7.14. The Labute approximate surface area is 159 Å². The van der Waals surface area contributed by atoms with Crippen molar-refractivity contribution >= 4 is 50.5 Å². The number of amides is 1. The van der Waals surface area contributed by atoms with Crippen molar-refractivity contribution in [1.29, 1.82) is 0 Å². The molecule has 0 fully saturated rings. The summed E-state index contributed by atoms with van der Waals surface area (Å²) in [7, 11) is -3.74. The fourth-order valence-electron chi connectivity index (χ4n) is 2.11. The van der Waals surface area contributed by atoms with E-state index < -0.39 is 15.9 Å². The van der Waals surface area contributed by atoms with Crippen LogP contribution >= 0.6 is 22.7 Å². The number of hydrogen-bond acceptors (Lipinski definition) is 6. The summed E-state index contributed by atoms with van der Waals surface area (Å²) < 4.78 is 27.4. The first kappa shape index (κ1) is 18.3. The highest BCUT2D eigenvalue weighted by Gasteiger charge is 2.19. The standard InChI is InChI=1S/C17H15N3O3S3/c1-12-8-10-24-15(12)11-18-19-17(21)13-5-2-3-6-14(13)20-26(22,23)16-7-4-9-25-16/h2-11,20H,1H3,(H,19,21)/b18-11+. The second kappa shape index (κ2) is 7.81. The summed E-state index contributed by atoms with van der Waals surface area (Å²) >= 11 is 2.62. The van der Waals surface area contributed by atoms with Gasteiger partial charge in [0.25, 0.3) is 15.9 Å². The summed E-state index contributed by atoms with van der Waals surface area (Å²) in [6, 6.07) is 11.5. The SMILES string of the molecule is Cc1ccsc1/C=N/NC(=O)c1ccccc1NS(=O)(=O)c1cccs1. The quantitative estimate of drug-likeness (QED) is 0.484. The minimum Gasteiger partial charge on any atom is -0.278 e. The van der Waals surface area contributed by atoms with Crippen molar-refractivity contribution < 1.29 is 13.2 Å². The number of para-hydroxylation sites is 1. The summed E-state index contributed by atoms with van der Waals surface area (Å²) in [5, 5.41) is 7.56. The molecule has 0 saturated heterocycles. The van der Waals surface area contributed by atoms with Crippen LogP contribution in [-0.4, -0.2) is 20.5 Å². The van der Waals surface area contributed by atoms with E-state index in [0.717, 1.165) is 21.8 Å². The van der Waals surface area contributed by atoms with E-state index in [1.165, 1.54) is 29.5 Å². The third kappa shape index (κ3) is 4.18. The first-order chi connectivity index (χ1) is 12.5. The molecular formula is C17H15N3O3S3. The molecule has 6 nitrogen and oxygen atoms in total. The van der Waals surface area contributed by atoms with Crippen LogP contribution in [0.3, 0.4) is 0 Å². The van der Waals surface area contributed by atoms with Crippen LogP contribution in [0.2, 0.25) is 0 Å². The highest BCUT2D eigenvalue weighted by Crippen LogP contribution is 2.22. The van der Waals surface area contributed by atoms with Gasteiger partial charge in [0, 0.05) is 4.88 Å². The predicted molar refractivity (Wildman–Crippen MR) is 106 cm³/mol. The number of anilines is 1. The first-order valence-corrected chi connectivity index (χ1v) is 10.7.